The number of aryl methyl sites for hydroxylation is 2. The predicted octanol–water partition coefficient (Wildman–Crippen LogP) is 0.981. The first-order valence-electron chi connectivity index (χ1n) is 6.22. The van der Waals surface area contributed by atoms with Crippen LogP contribution in [0.3, 0.4) is 0 Å². The fourth-order valence-electron chi connectivity index (χ4n) is 1.74. The van der Waals surface area contributed by atoms with Crippen molar-refractivity contribution in [2.45, 2.75) is 13.8 Å². The zero-order valence-electron chi connectivity index (χ0n) is 11.7. The third kappa shape index (κ3) is 3.05. The molecule has 7 heteroatoms. The van der Waals surface area contributed by atoms with Gasteiger partial charge in [0.1, 0.15) is 17.5 Å². The number of fused-ring (bicyclic) bond motifs is 1. The summed E-state index contributed by atoms with van der Waals surface area (Å²) in [5, 5.41) is 3.37. The lowest BCUT2D eigenvalue weighted by Crippen LogP contribution is -2.31. The fraction of sp³-hybridized carbons (Fsp3) is 0.462. The van der Waals surface area contributed by atoms with E-state index in [1.807, 2.05) is 13.8 Å². The van der Waals surface area contributed by atoms with E-state index >= 15 is 0 Å². The number of hydrogen-bond donors (Lipinski definition) is 1. The van der Waals surface area contributed by atoms with Crippen molar-refractivity contribution in [3.63, 3.8) is 0 Å². The maximum absolute atomic E-state index is 11.6. The van der Waals surface area contributed by atoms with E-state index in [1.54, 1.807) is 7.11 Å². The molecule has 0 atom stereocenters. The molecule has 0 aliphatic carbocycles. The molecule has 20 heavy (non-hydrogen) atoms. The van der Waals surface area contributed by atoms with Crippen LogP contribution >= 0.6 is 0 Å². The second-order valence-electron chi connectivity index (χ2n) is 4.27. The molecule has 0 aliphatic heterocycles. The van der Waals surface area contributed by atoms with Crippen LogP contribution in [0.1, 0.15) is 11.3 Å². The number of carbonyl (C=O) groups excluding carboxylic acids is 1. The first-order chi connectivity index (χ1) is 9.63. The maximum atomic E-state index is 11.6. The Hall–Kier alpha value is -2.15. The smallest absolute Gasteiger partial charge is 0.258 e. The quantitative estimate of drug-likeness (QED) is 0.793. The van der Waals surface area contributed by atoms with Crippen LogP contribution in [0.4, 0.5) is 0 Å². The molecular weight excluding hydrogens is 262 g/mol. The zero-order valence-corrected chi connectivity index (χ0v) is 11.7. The van der Waals surface area contributed by atoms with Crippen molar-refractivity contribution in [2.75, 3.05) is 26.9 Å². The second-order valence-corrected chi connectivity index (χ2v) is 4.27. The largest absolute Gasteiger partial charge is 0.467 e. The van der Waals surface area contributed by atoms with Crippen molar-refractivity contribution >= 4 is 17.0 Å². The number of rotatable bonds is 6. The van der Waals surface area contributed by atoms with Crippen molar-refractivity contribution in [2.24, 2.45) is 0 Å². The predicted molar refractivity (Wildman–Crippen MR) is 71.7 cm³/mol. The molecule has 0 fully saturated rings. The number of aromatic nitrogens is 2. The summed E-state index contributed by atoms with van der Waals surface area (Å²) in [5.74, 6) is 0.882. The molecule has 2 rings (SSSR count). The number of nitrogens with zero attached hydrogens (tertiary/aromatic N) is 2. The van der Waals surface area contributed by atoms with Gasteiger partial charge in [0.25, 0.3) is 5.91 Å². The van der Waals surface area contributed by atoms with Gasteiger partial charge in [0, 0.05) is 19.2 Å². The topological polar surface area (TPSA) is 86.5 Å². The number of furan rings is 1. The Labute approximate surface area is 116 Å². The monoisotopic (exact) mass is 279 g/mol. The summed E-state index contributed by atoms with van der Waals surface area (Å²) >= 11 is 0. The molecule has 0 saturated heterocycles. The van der Waals surface area contributed by atoms with Gasteiger partial charge in [-0.2, -0.15) is 0 Å². The Morgan fingerprint density at radius 1 is 1.40 bits per heavy atom. The van der Waals surface area contributed by atoms with E-state index in [1.165, 1.54) is 6.33 Å². The van der Waals surface area contributed by atoms with Gasteiger partial charge in [0.2, 0.25) is 11.6 Å². The fourth-order valence-corrected chi connectivity index (χ4v) is 1.74. The summed E-state index contributed by atoms with van der Waals surface area (Å²) in [5.41, 5.74) is 1.38. The molecular formula is C13H17N3O4. The van der Waals surface area contributed by atoms with Gasteiger partial charge in [-0.1, -0.05) is 0 Å². The van der Waals surface area contributed by atoms with Crippen LogP contribution in [-0.2, 0) is 9.53 Å². The van der Waals surface area contributed by atoms with Crippen molar-refractivity contribution in [1.29, 1.82) is 0 Å². The lowest BCUT2D eigenvalue weighted by atomic mass is 10.2. The normalized spacial score (nSPS) is 10.8. The third-order valence-corrected chi connectivity index (χ3v) is 2.90. The molecule has 0 unspecified atom stereocenters. The highest BCUT2D eigenvalue weighted by Gasteiger charge is 2.15. The lowest BCUT2D eigenvalue weighted by Gasteiger charge is -2.07. The summed E-state index contributed by atoms with van der Waals surface area (Å²) in [6.07, 6.45) is 1.35. The summed E-state index contributed by atoms with van der Waals surface area (Å²) < 4.78 is 15.8. The van der Waals surface area contributed by atoms with Crippen molar-refractivity contribution < 1.29 is 18.7 Å². The molecule has 2 heterocycles. The third-order valence-electron chi connectivity index (χ3n) is 2.90. The number of ether oxygens (including phenoxy) is 2. The molecule has 1 N–H and O–H groups in total. The minimum Gasteiger partial charge on any atom is -0.467 e. The molecule has 0 bridgehead atoms. The molecule has 1 amide bonds. The van der Waals surface area contributed by atoms with Crippen LogP contribution in [-0.4, -0.2) is 42.7 Å². The highest BCUT2D eigenvalue weighted by Crippen LogP contribution is 2.29. The Morgan fingerprint density at radius 2 is 2.20 bits per heavy atom. The number of nitrogens with one attached hydrogen (secondary N) is 1. The van der Waals surface area contributed by atoms with Gasteiger partial charge in [0.05, 0.1) is 6.61 Å². The van der Waals surface area contributed by atoms with Gasteiger partial charge in [-0.3, -0.25) is 4.79 Å². The van der Waals surface area contributed by atoms with Crippen LogP contribution < -0.4 is 10.1 Å². The lowest BCUT2D eigenvalue weighted by molar-refractivity contribution is -0.123. The highest BCUT2D eigenvalue weighted by atomic mass is 16.5. The molecule has 7 nitrogen and oxygen atoms in total. The summed E-state index contributed by atoms with van der Waals surface area (Å²) in [7, 11) is 1.57. The molecule has 0 aliphatic rings. The SMILES string of the molecule is COCCNC(=O)COc1ncnc2oc(C)c(C)c12. The maximum Gasteiger partial charge on any atom is 0.258 e. The van der Waals surface area contributed by atoms with Crippen molar-refractivity contribution in [1.82, 2.24) is 15.3 Å². The van der Waals surface area contributed by atoms with Gasteiger partial charge < -0.3 is 19.2 Å². The standard InChI is InChI=1S/C13H17N3O4/c1-8-9(2)20-13-11(8)12(15-7-16-13)19-6-10(17)14-4-5-18-3/h7H,4-6H2,1-3H3,(H,14,17). The van der Waals surface area contributed by atoms with Gasteiger partial charge in [-0.05, 0) is 13.8 Å². The minimum atomic E-state index is -0.230. The average molecular weight is 279 g/mol. The van der Waals surface area contributed by atoms with E-state index < -0.39 is 0 Å². The van der Waals surface area contributed by atoms with E-state index in [4.69, 9.17) is 13.9 Å². The van der Waals surface area contributed by atoms with Crippen LogP contribution in [0.15, 0.2) is 10.7 Å². The average Bonchev–Trinajstić information content (AvgIpc) is 2.73. The number of methoxy groups -OCH3 is 1. The minimum absolute atomic E-state index is 0.112. The molecule has 108 valence electrons. The van der Waals surface area contributed by atoms with E-state index in [2.05, 4.69) is 15.3 Å². The van der Waals surface area contributed by atoms with Crippen LogP contribution in [0.2, 0.25) is 0 Å². The van der Waals surface area contributed by atoms with Gasteiger partial charge >= 0.3 is 0 Å². The molecule has 0 saturated carbocycles. The van der Waals surface area contributed by atoms with Crippen molar-refractivity contribution in [3.05, 3.63) is 17.7 Å². The first-order valence-corrected chi connectivity index (χ1v) is 6.22. The first kappa shape index (κ1) is 14.3. The summed E-state index contributed by atoms with van der Waals surface area (Å²) in [6.45, 7) is 4.54. The Morgan fingerprint density at radius 3 is 2.95 bits per heavy atom. The Bertz CT molecular complexity index is 609. The summed E-state index contributed by atoms with van der Waals surface area (Å²) in [6, 6.07) is 0. The molecule has 0 radical (unpaired) electrons. The van der Waals surface area contributed by atoms with Crippen LogP contribution in [0.25, 0.3) is 11.1 Å². The van der Waals surface area contributed by atoms with Gasteiger partial charge in [-0.25, -0.2) is 9.97 Å². The van der Waals surface area contributed by atoms with Gasteiger partial charge in [0.15, 0.2) is 6.61 Å². The Kier molecular flexibility index (Phi) is 4.52. The van der Waals surface area contributed by atoms with Crippen LogP contribution in [0.5, 0.6) is 5.88 Å². The number of amides is 1. The molecule has 0 spiro atoms. The Balaban J connectivity index is 2.05. The van der Waals surface area contributed by atoms with E-state index in [0.29, 0.717) is 30.1 Å². The molecule has 0 aromatic carbocycles. The van der Waals surface area contributed by atoms with Crippen LogP contribution in [0, 0.1) is 13.8 Å². The highest BCUT2D eigenvalue weighted by molar-refractivity contribution is 5.84. The molecule has 2 aromatic heterocycles. The number of hydrogen-bond acceptors (Lipinski definition) is 6. The van der Waals surface area contributed by atoms with E-state index in [9.17, 15) is 4.79 Å². The number of carbonyl (C=O) groups is 1. The second kappa shape index (κ2) is 6.33. The van der Waals surface area contributed by atoms with Gasteiger partial charge in [-0.15, -0.1) is 0 Å². The van der Waals surface area contributed by atoms with E-state index in [-0.39, 0.29) is 12.5 Å². The van der Waals surface area contributed by atoms with Crippen molar-refractivity contribution in [3.8, 4) is 5.88 Å². The van der Waals surface area contributed by atoms with E-state index in [0.717, 1.165) is 11.3 Å². The molecule has 2 aromatic rings. The zero-order chi connectivity index (χ0) is 14.5. The summed E-state index contributed by atoms with van der Waals surface area (Å²) in [4.78, 5) is 19.6.